The van der Waals surface area contributed by atoms with Gasteiger partial charge in [0.05, 0.1) is 28.7 Å². The highest BCUT2D eigenvalue weighted by atomic mass is 35.5. The molecule has 0 aliphatic carbocycles. The Balaban J connectivity index is 1.79. The summed E-state index contributed by atoms with van der Waals surface area (Å²) in [5.41, 5.74) is 1.19. The van der Waals surface area contributed by atoms with Crippen molar-refractivity contribution in [3.8, 4) is 23.3 Å². The number of methoxy groups -OCH3 is 1. The summed E-state index contributed by atoms with van der Waals surface area (Å²) < 4.78 is 16.7. The van der Waals surface area contributed by atoms with Crippen molar-refractivity contribution in [2.45, 2.75) is 0 Å². The number of nitro groups is 1. The number of rotatable bonds is 9. The van der Waals surface area contributed by atoms with Gasteiger partial charge in [-0.3, -0.25) is 10.1 Å². The predicted octanol–water partition coefficient (Wildman–Crippen LogP) is 6.43. The second-order valence-electron chi connectivity index (χ2n) is 6.66. The number of non-ortho nitro benzene ring substituents is 1. The maximum atomic E-state index is 10.9. The van der Waals surface area contributed by atoms with Gasteiger partial charge < -0.3 is 14.2 Å². The molecule has 0 N–H and O–H groups in total. The average molecular weight is 485 g/mol. The molecule has 33 heavy (non-hydrogen) atoms. The van der Waals surface area contributed by atoms with Crippen LogP contribution in [0.4, 0.5) is 5.69 Å². The van der Waals surface area contributed by atoms with E-state index >= 15 is 0 Å². The third kappa shape index (κ3) is 6.39. The summed E-state index contributed by atoms with van der Waals surface area (Å²) >= 11 is 12.5. The number of hydrogen-bond donors (Lipinski definition) is 0. The van der Waals surface area contributed by atoms with Crippen molar-refractivity contribution in [3.63, 3.8) is 0 Å². The van der Waals surface area contributed by atoms with E-state index in [1.165, 1.54) is 30.3 Å². The molecule has 0 saturated heterocycles. The molecule has 0 aliphatic rings. The molecule has 0 unspecified atom stereocenters. The Kier molecular flexibility index (Phi) is 8.14. The molecule has 3 rings (SSSR count). The van der Waals surface area contributed by atoms with Crippen LogP contribution in [0.1, 0.15) is 11.1 Å². The third-order valence-electron chi connectivity index (χ3n) is 4.49. The van der Waals surface area contributed by atoms with Crippen molar-refractivity contribution < 1.29 is 19.1 Å². The largest absolute Gasteiger partial charge is 0.497 e. The molecule has 0 aliphatic heterocycles. The van der Waals surface area contributed by atoms with E-state index in [-0.39, 0.29) is 29.5 Å². The van der Waals surface area contributed by atoms with Crippen molar-refractivity contribution in [1.82, 2.24) is 0 Å². The Bertz CT molecular complexity index is 1220. The molecule has 9 heteroatoms. The van der Waals surface area contributed by atoms with Gasteiger partial charge in [-0.05, 0) is 48.0 Å². The molecule has 0 atom stereocenters. The third-order valence-corrected chi connectivity index (χ3v) is 4.99. The number of allylic oxidation sites excluding steroid dienone is 1. The second-order valence-corrected chi connectivity index (χ2v) is 7.50. The van der Waals surface area contributed by atoms with E-state index in [0.29, 0.717) is 33.4 Å². The minimum absolute atomic E-state index is 0.0677. The fourth-order valence-electron chi connectivity index (χ4n) is 2.93. The number of nitro benzene ring substituents is 1. The highest BCUT2D eigenvalue weighted by molar-refractivity contribution is 6.36. The van der Waals surface area contributed by atoms with Crippen LogP contribution in [0.2, 0.25) is 10.0 Å². The molecule has 3 aromatic rings. The molecule has 0 bridgehead atoms. The zero-order chi connectivity index (χ0) is 23.8. The van der Waals surface area contributed by atoms with Gasteiger partial charge in [0.25, 0.3) is 5.69 Å². The van der Waals surface area contributed by atoms with Crippen molar-refractivity contribution in [3.05, 3.63) is 92.0 Å². The minimum Gasteiger partial charge on any atom is -0.497 e. The van der Waals surface area contributed by atoms with Crippen molar-refractivity contribution in [1.29, 1.82) is 5.26 Å². The van der Waals surface area contributed by atoms with Gasteiger partial charge in [-0.25, -0.2) is 0 Å². The van der Waals surface area contributed by atoms with Crippen LogP contribution in [0.5, 0.6) is 17.2 Å². The summed E-state index contributed by atoms with van der Waals surface area (Å²) in [5, 5.41) is 21.2. The van der Waals surface area contributed by atoms with E-state index in [0.717, 1.165) is 0 Å². The van der Waals surface area contributed by atoms with Crippen LogP contribution in [-0.2, 0) is 0 Å². The average Bonchev–Trinajstić information content (AvgIpc) is 2.81. The zero-order valence-electron chi connectivity index (χ0n) is 17.5. The first-order valence-electron chi connectivity index (χ1n) is 9.66. The van der Waals surface area contributed by atoms with E-state index in [1.54, 1.807) is 31.4 Å². The Morgan fingerprint density at radius 3 is 2.42 bits per heavy atom. The second kappa shape index (κ2) is 11.2. The lowest BCUT2D eigenvalue weighted by Crippen LogP contribution is -2.10. The molecule has 0 amide bonds. The number of ether oxygens (including phenoxy) is 3. The minimum atomic E-state index is -0.504. The van der Waals surface area contributed by atoms with Crippen molar-refractivity contribution >= 4 is 40.5 Å². The molecule has 0 aromatic heterocycles. The Hall–Kier alpha value is -3.73. The van der Waals surface area contributed by atoms with E-state index in [4.69, 9.17) is 37.4 Å². The van der Waals surface area contributed by atoms with Crippen LogP contribution in [0.25, 0.3) is 11.6 Å². The quantitative estimate of drug-likeness (QED) is 0.114. The first kappa shape index (κ1) is 23.9. The molecule has 0 radical (unpaired) electrons. The lowest BCUT2D eigenvalue weighted by Gasteiger charge is -2.13. The summed E-state index contributed by atoms with van der Waals surface area (Å²) in [4.78, 5) is 10.4. The van der Waals surface area contributed by atoms with Gasteiger partial charge in [0.15, 0.2) is 0 Å². The van der Waals surface area contributed by atoms with E-state index in [9.17, 15) is 15.4 Å². The number of nitrogens with zero attached hydrogens (tertiary/aromatic N) is 2. The Morgan fingerprint density at radius 1 is 1.06 bits per heavy atom. The molecule has 168 valence electrons. The highest BCUT2D eigenvalue weighted by Crippen LogP contribution is 2.35. The first-order chi connectivity index (χ1) is 15.9. The van der Waals surface area contributed by atoms with Crippen LogP contribution >= 0.6 is 23.2 Å². The standard InChI is InChI=1S/C24H18Cl2N2O5/c1-31-21-3-2-4-22(14-21)32-9-10-33-24-17(12-19(25)13-23(24)26)11-18(15-27)16-5-7-20(8-6-16)28(29)30/h2-8,11-14H,9-10H2,1H3/b18-11-. The highest BCUT2D eigenvalue weighted by Gasteiger charge is 2.13. The van der Waals surface area contributed by atoms with Crippen LogP contribution in [0, 0.1) is 21.4 Å². The molecule has 0 saturated carbocycles. The van der Waals surface area contributed by atoms with Gasteiger partial charge in [-0.2, -0.15) is 5.26 Å². The predicted molar refractivity (Wildman–Crippen MR) is 127 cm³/mol. The monoisotopic (exact) mass is 484 g/mol. The van der Waals surface area contributed by atoms with Gasteiger partial charge in [0.1, 0.15) is 30.5 Å². The smallest absolute Gasteiger partial charge is 0.269 e. The summed E-state index contributed by atoms with van der Waals surface area (Å²) in [5.74, 6) is 1.65. The molecule has 0 fully saturated rings. The summed E-state index contributed by atoms with van der Waals surface area (Å²) in [6.45, 7) is 0.418. The number of halogens is 2. The fraction of sp³-hybridized carbons (Fsp3) is 0.125. The Labute approximate surface area is 200 Å². The van der Waals surface area contributed by atoms with E-state index < -0.39 is 4.92 Å². The van der Waals surface area contributed by atoms with E-state index in [2.05, 4.69) is 6.07 Å². The summed E-state index contributed by atoms with van der Waals surface area (Å²) in [6, 6.07) is 18.1. The van der Waals surface area contributed by atoms with Crippen LogP contribution in [0.3, 0.4) is 0 Å². The van der Waals surface area contributed by atoms with Gasteiger partial charge in [0.2, 0.25) is 0 Å². The van der Waals surface area contributed by atoms with Gasteiger partial charge >= 0.3 is 0 Å². The first-order valence-corrected chi connectivity index (χ1v) is 10.4. The maximum absolute atomic E-state index is 10.9. The summed E-state index contributed by atoms with van der Waals surface area (Å²) in [6.07, 6.45) is 1.57. The van der Waals surface area contributed by atoms with Crippen LogP contribution in [0.15, 0.2) is 60.7 Å². The molecular formula is C24H18Cl2N2O5. The lowest BCUT2D eigenvalue weighted by molar-refractivity contribution is -0.384. The van der Waals surface area contributed by atoms with Crippen molar-refractivity contribution in [2.75, 3.05) is 20.3 Å². The molecule has 7 nitrogen and oxygen atoms in total. The van der Waals surface area contributed by atoms with Gasteiger partial charge in [-0.15, -0.1) is 0 Å². The lowest BCUT2D eigenvalue weighted by atomic mass is 10.0. The molecular weight excluding hydrogens is 467 g/mol. The molecule has 0 spiro atoms. The number of benzene rings is 3. The SMILES string of the molecule is COc1cccc(OCCOc2c(Cl)cc(Cl)cc2/C=C(/C#N)c2ccc([N+](=O)[O-])cc2)c1. The number of hydrogen-bond acceptors (Lipinski definition) is 6. The zero-order valence-corrected chi connectivity index (χ0v) is 19.0. The summed E-state index contributed by atoms with van der Waals surface area (Å²) in [7, 11) is 1.58. The normalized spacial score (nSPS) is 10.9. The van der Waals surface area contributed by atoms with Crippen molar-refractivity contribution in [2.24, 2.45) is 0 Å². The number of nitriles is 1. The van der Waals surface area contributed by atoms with E-state index in [1.807, 2.05) is 12.1 Å². The molecule has 0 heterocycles. The van der Waals surface area contributed by atoms with Gasteiger partial charge in [0, 0.05) is 28.8 Å². The fourth-order valence-corrected chi connectivity index (χ4v) is 3.50. The van der Waals surface area contributed by atoms with Crippen LogP contribution < -0.4 is 14.2 Å². The van der Waals surface area contributed by atoms with Crippen LogP contribution in [-0.4, -0.2) is 25.2 Å². The maximum Gasteiger partial charge on any atom is 0.269 e. The topological polar surface area (TPSA) is 94.6 Å². The Morgan fingerprint density at radius 2 is 1.76 bits per heavy atom. The van der Waals surface area contributed by atoms with Gasteiger partial charge in [-0.1, -0.05) is 29.3 Å². The molecule has 3 aromatic carbocycles.